The molecule has 0 aliphatic carbocycles. The van der Waals surface area contributed by atoms with Crippen LogP contribution in [0.1, 0.15) is 18.4 Å². The number of urea groups is 1. The molecule has 1 aromatic rings. The summed E-state index contributed by atoms with van der Waals surface area (Å²) in [5.41, 5.74) is 1.85. The van der Waals surface area contributed by atoms with Crippen molar-refractivity contribution in [2.45, 2.75) is 25.8 Å². The topological polar surface area (TPSA) is 69.7 Å². The summed E-state index contributed by atoms with van der Waals surface area (Å²) in [6.45, 7) is 3.40. The number of rotatable bonds is 6. The standard InChI is InChI=1S/C17H27N3O3S/c1-14-5-7-15(8-6-14)18-17(21)20(11-4-10-19(2)3)16-9-12-24(22,23)13-16/h5-8,16H,4,9-13H2,1-3H3,(H,18,21)/t16-/m1/s1. The highest BCUT2D eigenvalue weighted by Crippen LogP contribution is 2.20. The molecule has 0 aromatic heterocycles. The second kappa shape index (κ2) is 7.98. The molecule has 1 aliphatic rings. The Labute approximate surface area is 144 Å². The van der Waals surface area contributed by atoms with Crippen LogP contribution < -0.4 is 5.32 Å². The fraction of sp³-hybridized carbons (Fsp3) is 0.588. The largest absolute Gasteiger partial charge is 0.322 e. The van der Waals surface area contributed by atoms with E-state index in [1.807, 2.05) is 45.3 Å². The number of carbonyl (C=O) groups excluding carboxylic acids is 1. The summed E-state index contributed by atoms with van der Waals surface area (Å²) in [7, 11) is 0.940. The minimum absolute atomic E-state index is 0.0658. The summed E-state index contributed by atoms with van der Waals surface area (Å²) in [6, 6.07) is 7.13. The van der Waals surface area contributed by atoms with Gasteiger partial charge in [-0.15, -0.1) is 0 Å². The highest BCUT2D eigenvalue weighted by Gasteiger charge is 2.34. The van der Waals surface area contributed by atoms with Gasteiger partial charge in [-0.2, -0.15) is 0 Å². The number of aryl methyl sites for hydroxylation is 1. The first kappa shape index (κ1) is 18.7. The van der Waals surface area contributed by atoms with Crippen molar-refractivity contribution >= 4 is 21.6 Å². The minimum Gasteiger partial charge on any atom is -0.320 e. The molecule has 2 amide bonds. The van der Waals surface area contributed by atoms with Crippen LogP contribution in [0.3, 0.4) is 0 Å². The van der Waals surface area contributed by atoms with Gasteiger partial charge in [-0.25, -0.2) is 13.2 Å². The summed E-state index contributed by atoms with van der Waals surface area (Å²) in [5, 5.41) is 2.89. The molecule has 1 N–H and O–H groups in total. The number of carbonyl (C=O) groups is 1. The number of hydrogen-bond donors (Lipinski definition) is 1. The molecule has 24 heavy (non-hydrogen) atoms. The van der Waals surface area contributed by atoms with Crippen LogP contribution in [-0.2, 0) is 9.84 Å². The normalized spacial score (nSPS) is 19.4. The number of anilines is 1. The maximum Gasteiger partial charge on any atom is 0.322 e. The van der Waals surface area contributed by atoms with Crippen molar-refractivity contribution in [3.8, 4) is 0 Å². The molecule has 1 saturated heterocycles. The van der Waals surface area contributed by atoms with Crippen LogP contribution in [-0.4, -0.2) is 69.0 Å². The summed E-state index contributed by atoms with van der Waals surface area (Å²) in [6.07, 6.45) is 1.33. The molecule has 6 nitrogen and oxygen atoms in total. The number of amides is 2. The smallest absolute Gasteiger partial charge is 0.320 e. The van der Waals surface area contributed by atoms with Gasteiger partial charge in [0.25, 0.3) is 0 Å². The summed E-state index contributed by atoms with van der Waals surface area (Å²) < 4.78 is 23.6. The summed E-state index contributed by atoms with van der Waals surface area (Å²) >= 11 is 0. The van der Waals surface area contributed by atoms with Crippen LogP contribution in [0.4, 0.5) is 10.5 Å². The Morgan fingerprint density at radius 2 is 1.88 bits per heavy atom. The molecule has 1 heterocycles. The quantitative estimate of drug-likeness (QED) is 0.849. The van der Waals surface area contributed by atoms with E-state index < -0.39 is 9.84 Å². The molecule has 1 atom stereocenters. The van der Waals surface area contributed by atoms with Gasteiger partial charge in [-0.1, -0.05) is 17.7 Å². The number of nitrogens with one attached hydrogen (secondary N) is 1. The maximum atomic E-state index is 12.7. The molecule has 0 saturated carbocycles. The van der Waals surface area contributed by atoms with Crippen LogP contribution in [0.25, 0.3) is 0 Å². The monoisotopic (exact) mass is 353 g/mol. The van der Waals surface area contributed by atoms with Crippen molar-refractivity contribution in [3.05, 3.63) is 29.8 Å². The average molecular weight is 353 g/mol. The fourth-order valence-corrected chi connectivity index (χ4v) is 4.59. The average Bonchev–Trinajstić information content (AvgIpc) is 2.85. The van der Waals surface area contributed by atoms with Gasteiger partial charge >= 0.3 is 6.03 Å². The third-order valence-corrected chi connectivity index (χ3v) is 5.97. The number of benzene rings is 1. The van der Waals surface area contributed by atoms with E-state index >= 15 is 0 Å². The first-order chi connectivity index (χ1) is 11.3. The zero-order chi connectivity index (χ0) is 17.7. The lowest BCUT2D eigenvalue weighted by Crippen LogP contribution is -2.44. The zero-order valence-electron chi connectivity index (χ0n) is 14.7. The van der Waals surface area contributed by atoms with E-state index in [4.69, 9.17) is 0 Å². The molecule has 1 aliphatic heterocycles. The second-order valence-corrected chi connectivity index (χ2v) is 8.93. The van der Waals surface area contributed by atoms with Crippen LogP contribution in [0, 0.1) is 6.92 Å². The first-order valence-electron chi connectivity index (χ1n) is 8.26. The SMILES string of the molecule is Cc1ccc(NC(=O)N(CCCN(C)C)[C@@H]2CCS(=O)(=O)C2)cc1. The Morgan fingerprint density at radius 1 is 1.21 bits per heavy atom. The first-order valence-corrected chi connectivity index (χ1v) is 10.1. The fourth-order valence-electron chi connectivity index (χ4n) is 2.86. The number of nitrogens with zero attached hydrogens (tertiary/aromatic N) is 2. The molecule has 0 spiro atoms. The zero-order valence-corrected chi connectivity index (χ0v) is 15.5. The Bertz CT molecular complexity index is 656. The van der Waals surface area contributed by atoms with Gasteiger partial charge in [0.1, 0.15) is 0 Å². The molecular weight excluding hydrogens is 326 g/mol. The third kappa shape index (κ3) is 5.49. The lowest BCUT2D eigenvalue weighted by Gasteiger charge is -2.29. The summed E-state index contributed by atoms with van der Waals surface area (Å²) in [5.74, 6) is 0.232. The molecule has 2 rings (SSSR count). The second-order valence-electron chi connectivity index (χ2n) is 6.70. The molecule has 0 radical (unpaired) electrons. The Hall–Kier alpha value is -1.60. The van der Waals surface area contributed by atoms with Gasteiger partial charge in [-0.05, 0) is 52.5 Å². The molecule has 1 fully saturated rings. The lowest BCUT2D eigenvalue weighted by atomic mass is 10.2. The van der Waals surface area contributed by atoms with E-state index in [9.17, 15) is 13.2 Å². The van der Waals surface area contributed by atoms with Crippen molar-refractivity contribution in [2.75, 3.05) is 44.0 Å². The van der Waals surface area contributed by atoms with E-state index in [1.54, 1.807) is 4.90 Å². The van der Waals surface area contributed by atoms with E-state index in [2.05, 4.69) is 10.2 Å². The maximum absolute atomic E-state index is 12.7. The lowest BCUT2D eigenvalue weighted by molar-refractivity contribution is 0.190. The van der Waals surface area contributed by atoms with Gasteiger partial charge in [0.05, 0.1) is 11.5 Å². The highest BCUT2D eigenvalue weighted by atomic mass is 32.2. The molecule has 7 heteroatoms. The predicted molar refractivity (Wildman–Crippen MR) is 97.1 cm³/mol. The Kier molecular flexibility index (Phi) is 6.23. The molecule has 0 bridgehead atoms. The van der Waals surface area contributed by atoms with E-state index in [0.717, 1.165) is 24.2 Å². The van der Waals surface area contributed by atoms with Crippen molar-refractivity contribution in [3.63, 3.8) is 0 Å². The minimum atomic E-state index is -3.03. The van der Waals surface area contributed by atoms with Crippen molar-refractivity contribution in [1.82, 2.24) is 9.80 Å². The van der Waals surface area contributed by atoms with Gasteiger partial charge in [0.2, 0.25) is 0 Å². The molecule has 1 aromatic carbocycles. The van der Waals surface area contributed by atoms with Crippen LogP contribution in [0.15, 0.2) is 24.3 Å². The van der Waals surface area contributed by atoms with E-state index in [1.165, 1.54) is 0 Å². The van der Waals surface area contributed by atoms with Gasteiger partial charge in [-0.3, -0.25) is 0 Å². The van der Waals surface area contributed by atoms with Crippen LogP contribution in [0.2, 0.25) is 0 Å². The van der Waals surface area contributed by atoms with Gasteiger partial charge < -0.3 is 15.1 Å². The third-order valence-electron chi connectivity index (χ3n) is 4.22. The van der Waals surface area contributed by atoms with Gasteiger partial charge in [0, 0.05) is 18.3 Å². The van der Waals surface area contributed by atoms with Crippen molar-refractivity contribution < 1.29 is 13.2 Å². The Balaban J connectivity index is 2.05. The van der Waals surface area contributed by atoms with E-state index in [0.29, 0.717) is 13.0 Å². The van der Waals surface area contributed by atoms with Crippen molar-refractivity contribution in [1.29, 1.82) is 0 Å². The van der Waals surface area contributed by atoms with E-state index in [-0.39, 0.29) is 23.6 Å². The molecule has 0 unspecified atom stereocenters. The van der Waals surface area contributed by atoms with Crippen LogP contribution >= 0.6 is 0 Å². The number of sulfone groups is 1. The molecule has 134 valence electrons. The highest BCUT2D eigenvalue weighted by molar-refractivity contribution is 7.91. The summed E-state index contributed by atoms with van der Waals surface area (Å²) in [4.78, 5) is 16.4. The van der Waals surface area contributed by atoms with Gasteiger partial charge in [0.15, 0.2) is 9.84 Å². The van der Waals surface area contributed by atoms with Crippen molar-refractivity contribution in [2.24, 2.45) is 0 Å². The van der Waals surface area contributed by atoms with Crippen LogP contribution in [0.5, 0.6) is 0 Å². The Morgan fingerprint density at radius 3 is 2.42 bits per heavy atom. The number of hydrogen-bond acceptors (Lipinski definition) is 4. The molecular formula is C17H27N3O3S. The predicted octanol–water partition coefficient (Wildman–Crippen LogP) is 1.97.